The number of amides is 2. The molecule has 5 rings (SSSR count). The van der Waals surface area contributed by atoms with E-state index >= 15 is 0 Å². The molecule has 1 unspecified atom stereocenters. The van der Waals surface area contributed by atoms with Crippen LogP contribution in [0.5, 0.6) is 0 Å². The van der Waals surface area contributed by atoms with Crippen molar-refractivity contribution in [3.05, 3.63) is 102 Å². The van der Waals surface area contributed by atoms with Gasteiger partial charge in [-0.2, -0.15) is 10.2 Å². The molecular formula is C25H26N6O. The third-order valence-electron chi connectivity index (χ3n) is 5.88. The van der Waals surface area contributed by atoms with Gasteiger partial charge in [-0.3, -0.25) is 4.68 Å². The fraction of sp³-hybridized carbons (Fsp3) is 0.240. The predicted octanol–water partition coefficient (Wildman–Crippen LogP) is 3.99. The second kappa shape index (κ2) is 9.09. The molecule has 2 heterocycles. The number of carbonyl (C=O) groups excluding carboxylic acids is 1. The van der Waals surface area contributed by atoms with E-state index in [4.69, 9.17) is 0 Å². The number of hydrogen-bond donors (Lipinski definition) is 2. The van der Waals surface area contributed by atoms with Crippen molar-refractivity contribution < 1.29 is 4.79 Å². The summed E-state index contributed by atoms with van der Waals surface area (Å²) in [5.74, 6) is 0. The van der Waals surface area contributed by atoms with E-state index < -0.39 is 0 Å². The Balaban J connectivity index is 1.21. The lowest BCUT2D eigenvalue weighted by Crippen LogP contribution is -2.38. The Morgan fingerprint density at radius 2 is 1.91 bits per heavy atom. The van der Waals surface area contributed by atoms with E-state index in [1.165, 1.54) is 11.3 Å². The molecule has 2 N–H and O–H groups in total. The summed E-state index contributed by atoms with van der Waals surface area (Å²) in [7, 11) is 0. The van der Waals surface area contributed by atoms with E-state index in [1.807, 2.05) is 60.9 Å². The third-order valence-corrected chi connectivity index (χ3v) is 5.88. The minimum atomic E-state index is -0.164. The van der Waals surface area contributed by atoms with Crippen LogP contribution in [0.25, 0.3) is 5.69 Å². The summed E-state index contributed by atoms with van der Waals surface area (Å²) in [6.07, 6.45) is 8.51. The molecule has 0 radical (unpaired) electrons. The Morgan fingerprint density at radius 3 is 2.75 bits per heavy atom. The Labute approximate surface area is 187 Å². The smallest absolute Gasteiger partial charge is 0.315 e. The minimum absolute atomic E-state index is 0.0151. The van der Waals surface area contributed by atoms with Crippen molar-refractivity contribution in [2.24, 2.45) is 0 Å². The van der Waals surface area contributed by atoms with Crippen LogP contribution < -0.4 is 10.6 Å². The molecule has 0 bridgehead atoms. The molecule has 0 spiro atoms. The van der Waals surface area contributed by atoms with Gasteiger partial charge in [-0.05, 0) is 48.6 Å². The van der Waals surface area contributed by atoms with Gasteiger partial charge in [0.05, 0.1) is 24.5 Å². The van der Waals surface area contributed by atoms with Crippen molar-refractivity contribution in [3.8, 4) is 5.69 Å². The minimum Gasteiger partial charge on any atom is -0.334 e. The molecule has 2 amide bonds. The maximum atomic E-state index is 12.6. The van der Waals surface area contributed by atoms with E-state index in [9.17, 15) is 4.79 Å². The maximum absolute atomic E-state index is 12.6. The molecular weight excluding hydrogens is 400 g/mol. The van der Waals surface area contributed by atoms with Crippen molar-refractivity contribution in [2.45, 2.75) is 38.4 Å². The summed E-state index contributed by atoms with van der Waals surface area (Å²) in [6, 6.07) is 20.0. The van der Waals surface area contributed by atoms with Crippen LogP contribution in [-0.2, 0) is 19.5 Å². The molecule has 7 nitrogen and oxygen atoms in total. The van der Waals surface area contributed by atoms with Crippen LogP contribution in [0.15, 0.2) is 79.3 Å². The molecule has 4 aromatic rings. The summed E-state index contributed by atoms with van der Waals surface area (Å²) >= 11 is 0. The second-order valence-corrected chi connectivity index (χ2v) is 8.08. The van der Waals surface area contributed by atoms with E-state index in [0.717, 1.165) is 42.6 Å². The van der Waals surface area contributed by atoms with E-state index in [2.05, 4.69) is 37.6 Å². The molecule has 0 aliphatic heterocycles. The number of fused-ring (bicyclic) bond motifs is 1. The zero-order valence-electron chi connectivity index (χ0n) is 17.8. The zero-order valence-corrected chi connectivity index (χ0v) is 17.8. The number of aromatic nitrogens is 4. The van der Waals surface area contributed by atoms with Crippen LogP contribution in [0.1, 0.15) is 41.3 Å². The van der Waals surface area contributed by atoms with Crippen LogP contribution in [0.3, 0.4) is 0 Å². The first-order valence-corrected chi connectivity index (χ1v) is 11.0. The lowest BCUT2D eigenvalue weighted by molar-refractivity contribution is 0.235. The molecule has 1 aliphatic carbocycles. The first-order valence-electron chi connectivity index (χ1n) is 11.0. The van der Waals surface area contributed by atoms with Crippen molar-refractivity contribution in [3.63, 3.8) is 0 Å². The van der Waals surface area contributed by atoms with Gasteiger partial charge in [0, 0.05) is 30.2 Å². The SMILES string of the molecule is O=C(NCc1cccc(-n2cccn2)c1)NC1CCCc2c1cnn2Cc1ccccc1. The second-order valence-electron chi connectivity index (χ2n) is 8.08. The molecule has 0 fully saturated rings. The predicted molar refractivity (Wildman–Crippen MR) is 122 cm³/mol. The number of urea groups is 1. The molecule has 0 saturated heterocycles. The van der Waals surface area contributed by atoms with Gasteiger partial charge < -0.3 is 10.6 Å². The van der Waals surface area contributed by atoms with Gasteiger partial charge in [-0.25, -0.2) is 9.48 Å². The number of rotatable bonds is 6. The van der Waals surface area contributed by atoms with Crippen molar-refractivity contribution >= 4 is 6.03 Å². The first kappa shape index (κ1) is 20.1. The normalized spacial score (nSPS) is 15.2. The molecule has 0 saturated carbocycles. The Hall–Kier alpha value is -3.87. The van der Waals surface area contributed by atoms with Gasteiger partial charge in [0.15, 0.2) is 0 Å². The van der Waals surface area contributed by atoms with Crippen molar-refractivity contribution in [1.82, 2.24) is 30.2 Å². The fourth-order valence-electron chi connectivity index (χ4n) is 4.28. The van der Waals surface area contributed by atoms with E-state index in [-0.39, 0.29) is 12.1 Å². The van der Waals surface area contributed by atoms with Gasteiger partial charge in [0.1, 0.15) is 0 Å². The number of nitrogens with one attached hydrogen (secondary N) is 2. The number of carbonyl (C=O) groups is 1. The third kappa shape index (κ3) is 4.42. The average molecular weight is 427 g/mol. The quantitative estimate of drug-likeness (QED) is 0.489. The fourth-order valence-corrected chi connectivity index (χ4v) is 4.28. The van der Waals surface area contributed by atoms with Gasteiger partial charge in [-0.15, -0.1) is 0 Å². The monoisotopic (exact) mass is 426 g/mol. The van der Waals surface area contributed by atoms with Gasteiger partial charge >= 0.3 is 6.03 Å². The molecule has 1 aliphatic rings. The largest absolute Gasteiger partial charge is 0.334 e. The molecule has 1 atom stereocenters. The van der Waals surface area contributed by atoms with Crippen LogP contribution in [0.4, 0.5) is 4.79 Å². The first-order chi connectivity index (χ1) is 15.8. The highest BCUT2D eigenvalue weighted by atomic mass is 16.2. The summed E-state index contributed by atoms with van der Waals surface area (Å²) in [5, 5.41) is 15.0. The Kier molecular flexibility index (Phi) is 5.70. The Bertz CT molecular complexity index is 1180. The van der Waals surface area contributed by atoms with Crippen LogP contribution in [0.2, 0.25) is 0 Å². The topological polar surface area (TPSA) is 76.8 Å². The molecule has 7 heteroatoms. The lowest BCUT2D eigenvalue weighted by atomic mass is 9.93. The average Bonchev–Trinajstić information content (AvgIpc) is 3.50. The van der Waals surface area contributed by atoms with Crippen LogP contribution in [0, 0.1) is 0 Å². The summed E-state index contributed by atoms with van der Waals surface area (Å²) < 4.78 is 3.87. The van der Waals surface area contributed by atoms with Crippen LogP contribution in [-0.4, -0.2) is 25.6 Å². The van der Waals surface area contributed by atoms with Crippen molar-refractivity contribution in [2.75, 3.05) is 0 Å². The number of hydrogen-bond acceptors (Lipinski definition) is 3. The van der Waals surface area contributed by atoms with Crippen LogP contribution >= 0.6 is 0 Å². The Morgan fingerprint density at radius 1 is 1.03 bits per heavy atom. The highest BCUT2D eigenvalue weighted by Crippen LogP contribution is 2.30. The molecule has 2 aromatic heterocycles. The molecule has 2 aromatic carbocycles. The highest BCUT2D eigenvalue weighted by molar-refractivity contribution is 5.74. The number of benzene rings is 2. The standard InChI is InChI=1S/C25H26N6O/c32-25(26-16-20-9-4-10-21(15-20)30-14-6-13-27-30)29-23-11-5-12-24-22(23)17-28-31(24)18-19-7-2-1-3-8-19/h1-4,6-10,13-15,17,23H,5,11-12,16,18H2,(H2,26,29,32). The van der Waals surface area contributed by atoms with Crippen molar-refractivity contribution in [1.29, 1.82) is 0 Å². The highest BCUT2D eigenvalue weighted by Gasteiger charge is 2.25. The number of nitrogens with zero attached hydrogens (tertiary/aromatic N) is 4. The van der Waals surface area contributed by atoms with E-state index in [1.54, 1.807) is 10.9 Å². The maximum Gasteiger partial charge on any atom is 0.315 e. The summed E-state index contributed by atoms with van der Waals surface area (Å²) in [5.41, 5.74) is 5.56. The zero-order chi connectivity index (χ0) is 21.8. The summed E-state index contributed by atoms with van der Waals surface area (Å²) in [6.45, 7) is 1.20. The van der Waals surface area contributed by atoms with Gasteiger partial charge in [0.2, 0.25) is 0 Å². The van der Waals surface area contributed by atoms with Gasteiger partial charge in [0.25, 0.3) is 0 Å². The molecule has 162 valence electrons. The van der Waals surface area contributed by atoms with Gasteiger partial charge in [-0.1, -0.05) is 42.5 Å². The van der Waals surface area contributed by atoms with E-state index in [0.29, 0.717) is 6.54 Å². The lowest BCUT2D eigenvalue weighted by Gasteiger charge is -2.24. The summed E-state index contributed by atoms with van der Waals surface area (Å²) in [4.78, 5) is 12.6. The molecule has 32 heavy (non-hydrogen) atoms.